The maximum atomic E-state index is 11.3. The highest BCUT2D eigenvalue weighted by atomic mass is 32.2. The van der Waals surface area contributed by atoms with Crippen LogP contribution < -0.4 is 5.84 Å². The van der Waals surface area contributed by atoms with Gasteiger partial charge in [-0.15, -0.1) is 10.2 Å². The number of nitrogens with two attached hydrogens (primary N) is 1. The van der Waals surface area contributed by atoms with Gasteiger partial charge in [-0.1, -0.05) is 37.7 Å². The van der Waals surface area contributed by atoms with Gasteiger partial charge in [0.1, 0.15) is 0 Å². The number of hydrogen-bond acceptors (Lipinski definition) is 6. The molecule has 0 amide bonds. The van der Waals surface area contributed by atoms with Gasteiger partial charge in [0.2, 0.25) is 5.16 Å². The summed E-state index contributed by atoms with van der Waals surface area (Å²) in [4.78, 5) is 11.3. The number of nitrogens with zero attached hydrogens (tertiary/aromatic N) is 3. The molecule has 112 valence electrons. The zero-order chi connectivity index (χ0) is 15.4. The first-order valence-electron chi connectivity index (χ1n) is 6.53. The van der Waals surface area contributed by atoms with Crippen LogP contribution >= 0.6 is 11.8 Å². The molecule has 1 aromatic heterocycles. The fraction of sp³-hybridized carbons (Fsp3) is 0.357. The van der Waals surface area contributed by atoms with E-state index >= 15 is 0 Å². The number of benzene rings is 1. The number of aromatic nitrogens is 3. The lowest BCUT2D eigenvalue weighted by molar-refractivity contribution is 0.0600. The van der Waals surface area contributed by atoms with Crippen LogP contribution in [0.5, 0.6) is 0 Å². The molecule has 2 aromatic rings. The Morgan fingerprint density at radius 2 is 2.00 bits per heavy atom. The standard InChI is InChI=1S/C14H18N4O2S/c1-9(2)12-16-17-14(18(12)15)21-8-10-4-6-11(7-5-10)13(19)20-3/h4-7,9H,8,15H2,1-3H3. The third-order valence-corrected chi connectivity index (χ3v) is 3.96. The predicted molar refractivity (Wildman–Crippen MR) is 81.6 cm³/mol. The molecule has 2 N–H and O–H groups in total. The molecule has 0 fully saturated rings. The van der Waals surface area contributed by atoms with Crippen LogP contribution in [0.3, 0.4) is 0 Å². The lowest BCUT2D eigenvalue weighted by Gasteiger charge is -2.06. The van der Waals surface area contributed by atoms with Crippen LogP contribution in [0.1, 0.15) is 41.5 Å². The van der Waals surface area contributed by atoms with Crippen molar-refractivity contribution in [2.75, 3.05) is 13.0 Å². The Bertz CT molecular complexity index is 622. The Morgan fingerprint density at radius 1 is 1.33 bits per heavy atom. The largest absolute Gasteiger partial charge is 0.465 e. The molecule has 0 aliphatic heterocycles. The minimum absolute atomic E-state index is 0.233. The van der Waals surface area contributed by atoms with Crippen molar-refractivity contribution in [2.24, 2.45) is 0 Å². The van der Waals surface area contributed by atoms with Gasteiger partial charge in [0.05, 0.1) is 12.7 Å². The molecule has 0 spiro atoms. The molecule has 0 saturated heterocycles. The van der Waals surface area contributed by atoms with Crippen molar-refractivity contribution in [3.63, 3.8) is 0 Å². The van der Waals surface area contributed by atoms with Crippen molar-refractivity contribution in [3.8, 4) is 0 Å². The molecular weight excluding hydrogens is 288 g/mol. The van der Waals surface area contributed by atoms with Crippen molar-refractivity contribution in [1.82, 2.24) is 14.9 Å². The Labute approximate surface area is 127 Å². The molecule has 0 unspecified atom stereocenters. The Hall–Kier alpha value is -2.02. The molecule has 1 aromatic carbocycles. The van der Waals surface area contributed by atoms with E-state index in [-0.39, 0.29) is 11.9 Å². The number of rotatable bonds is 5. The second-order valence-electron chi connectivity index (χ2n) is 4.84. The summed E-state index contributed by atoms with van der Waals surface area (Å²) >= 11 is 1.51. The minimum Gasteiger partial charge on any atom is -0.465 e. The second kappa shape index (κ2) is 6.62. The van der Waals surface area contributed by atoms with E-state index in [0.717, 1.165) is 11.4 Å². The normalized spacial score (nSPS) is 10.9. The van der Waals surface area contributed by atoms with E-state index in [4.69, 9.17) is 5.84 Å². The van der Waals surface area contributed by atoms with Crippen LogP contribution in [0, 0.1) is 0 Å². The van der Waals surface area contributed by atoms with E-state index < -0.39 is 0 Å². The lowest BCUT2D eigenvalue weighted by atomic mass is 10.1. The third-order valence-electron chi connectivity index (χ3n) is 2.95. The minimum atomic E-state index is -0.336. The highest BCUT2D eigenvalue weighted by Crippen LogP contribution is 2.22. The molecular formula is C14H18N4O2S. The van der Waals surface area contributed by atoms with Gasteiger partial charge in [0.15, 0.2) is 5.82 Å². The maximum Gasteiger partial charge on any atom is 0.337 e. The quantitative estimate of drug-likeness (QED) is 0.518. The number of esters is 1. The molecule has 1 heterocycles. The molecule has 0 radical (unpaired) electrons. The van der Waals surface area contributed by atoms with E-state index in [0.29, 0.717) is 16.5 Å². The van der Waals surface area contributed by atoms with Gasteiger partial charge in [-0.25, -0.2) is 9.47 Å². The molecule has 0 aliphatic carbocycles. The van der Waals surface area contributed by atoms with Gasteiger partial charge in [0, 0.05) is 11.7 Å². The lowest BCUT2D eigenvalue weighted by Crippen LogP contribution is -2.14. The molecule has 6 nitrogen and oxygen atoms in total. The zero-order valence-electron chi connectivity index (χ0n) is 12.2. The molecule has 2 rings (SSSR count). The number of ether oxygens (including phenoxy) is 1. The summed E-state index contributed by atoms with van der Waals surface area (Å²) < 4.78 is 6.19. The second-order valence-corrected chi connectivity index (χ2v) is 5.79. The van der Waals surface area contributed by atoms with E-state index in [9.17, 15) is 4.79 Å². The topological polar surface area (TPSA) is 83.0 Å². The van der Waals surface area contributed by atoms with Crippen molar-refractivity contribution in [2.45, 2.75) is 30.7 Å². The van der Waals surface area contributed by atoms with Gasteiger partial charge < -0.3 is 10.6 Å². The van der Waals surface area contributed by atoms with Crippen LogP contribution in [0.2, 0.25) is 0 Å². The molecule has 0 saturated carbocycles. The number of carbonyl (C=O) groups is 1. The fourth-order valence-electron chi connectivity index (χ4n) is 1.78. The number of carbonyl (C=O) groups excluding carboxylic acids is 1. The maximum absolute atomic E-state index is 11.3. The van der Waals surface area contributed by atoms with Gasteiger partial charge >= 0.3 is 5.97 Å². The Morgan fingerprint density at radius 3 is 2.52 bits per heavy atom. The number of nitrogen functional groups attached to an aromatic ring is 1. The molecule has 7 heteroatoms. The van der Waals surface area contributed by atoms with Crippen LogP contribution in [-0.2, 0) is 10.5 Å². The highest BCUT2D eigenvalue weighted by Gasteiger charge is 2.13. The predicted octanol–water partition coefficient (Wildman–Crippen LogP) is 2.19. The number of methoxy groups -OCH3 is 1. The van der Waals surface area contributed by atoms with E-state index in [1.165, 1.54) is 23.5 Å². The number of hydrogen-bond donors (Lipinski definition) is 1. The molecule has 0 bridgehead atoms. The van der Waals surface area contributed by atoms with Crippen molar-refractivity contribution in [3.05, 3.63) is 41.2 Å². The van der Waals surface area contributed by atoms with E-state index in [1.54, 1.807) is 12.1 Å². The smallest absolute Gasteiger partial charge is 0.337 e. The molecule has 0 aliphatic rings. The van der Waals surface area contributed by atoms with Crippen molar-refractivity contribution >= 4 is 17.7 Å². The van der Waals surface area contributed by atoms with Crippen LogP contribution in [0.15, 0.2) is 29.4 Å². The highest BCUT2D eigenvalue weighted by molar-refractivity contribution is 7.98. The first-order chi connectivity index (χ1) is 10.0. The van der Waals surface area contributed by atoms with Crippen molar-refractivity contribution in [1.29, 1.82) is 0 Å². The van der Waals surface area contributed by atoms with Crippen LogP contribution in [0.4, 0.5) is 0 Å². The summed E-state index contributed by atoms with van der Waals surface area (Å²) in [6.07, 6.45) is 0. The summed E-state index contributed by atoms with van der Waals surface area (Å²) in [6, 6.07) is 7.27. The molecule has 21 heavy (non-hydrogen) atoms. The van der Waals surface area contributed by atoms with Gasteiger partial charge in [-0.05, 0) is 17.7 Å². The summed E-state index contributed by atoms with van der Waals surface area (Å²) in [6.45, 7) is 4.04. The SMILES string of the molecule is COC(=O)c1ccc(CSc2nnc(C(C)C)n2N)cc1. The zero-order valence-corrected chi connectivity index (χ0v) is 13.1. The van der Waals surface area contributed by atoms with Gasteiger partial charge in [0.25, 0.3) is 0 Å². The summed E-state index contributed by atoms with van der Waals surface area (Å²) in [5.74, 6) is 7.32. The summed E-state index contributed by atoms with van der Waals surface area (Å²) in [5.41, 5.74) is 1.61. The van der Waals surface area contributed by atoms with Crippen molar-refractivity contribution < 1.29 is 9.53 Å². The van der Waals surface area contributed by atoms with Gasteiger partial charge in [-0.3, -0.25) is 0 Å². The van der Waals surface area contributed by atoms with E-state index in [1.807, 2.05) is 26.0 Å². The average Bonchev–Trinajstić information content (AvgIpc) is 2.86. The summed E-state index contributed by atoms with van der Waals surface area (Å²) in [7, 11) is 1.37. The first-order valence-corrected chi connectivity index (χ1v) is 7.52. The summed E-state index contributed by atoms with van der Waals surface area (Å²) in [5, 5.41) is 8.85. The van der Waals surface area contributed by atoms with Gasteiger partial charge in [-0.2, -0.15) is 0 Å². The Balaban J connectivity index is 2.02. The van der Waals surface area contributed by atoms with E-state index in [2.05, 4.69) is 14.9 Å². The molecule has 0 atom stereocenters. The third kappa shape index (κ3) is 3.55. The first kappa shape index (κ1) is 15.4. The fourth-order valence-corrected chi connectivity index (χ4v) is 2.60. The Kier molecular flexibility index (Phi) is 4.85. The number of thioether (sulfide) groups is 1. The van der Waals surface area contributed by atoms with Crippen LogP contribution in [-0.4, -0.2) is 28.0 Å². The average molecular weight is 306 g/mol. The van der Waals surface area contributed by atoms with Crippen LogP contribution in [0.25, 0.3) is 0 Å². The monoisotopic (exact) mass is 306 g/mol.